The third kappa shape index (κ3) is 5.08. The zero-order chi connectivity index (χ0) is 30.4. The Morgan fingerprint density at radius 3 is 2.21 bits per heavy atom. The average Bonchev–Trinajstić information content (AvgIpc) is 3.61. The van der Waals surface area contributed by atoms with Gasteiger partial charge in [0, 0.05) is 24.4 Å². The van der Waals surface area contributed by atoms with Gasteiger partial charge in [-0.3, -0.25) is 19.2 Å². The van der Waals surface area contributed by atoms with Crippen LogP contribution in [0.2, 0.25) is 0 Å². The molecule has 0 saturated carbocycles. The van der Waals surface area contributed by atoms with Crippen LogP contribution in [-0.4, -0.2) is 29.4 Å². The third-order valence-corrected chi connectivity index (χ3v) is 9.08. The van der Waals surface area contributed by atoms with Crippen LogP contribution in [-0.2, 0) is 11.8 Å². The molecule has 1 saturated heterocycles. The number of nitrogens with zero attached hydrogens (tertiary/aromatic N) is 5. The molecule has 0 bridgehead atoms. The fourth-order valence-corrected chi connectivity index (χ4v) is 6.54. The van der Waals surface area contributed by atoms with E-state index in [2.05, 4.69) is 39.0 Å². The van der Waals surface area contributed by atoms with Gasteiger partial charge < -0.3 is 0 Å². The van der Waals surface area contributed by atoms with Crippen molar-refractivity contribution in [2.24, 2.45) is 7.05 Å². The number of thioether (sulfide) groups is 1. The summed E-state index contributed by atoms with van der Waals surface area (Å²) in [5.41, 5.74) is 7.10. The average molecular weight is 606 g/mol. The molecule has 43 heavy (non-hydrogen) atoms. The Morgan fingerprint density at radius 1 is 0.907 bits per heavy atom. The molecule has 0 unspecified atom stereocenters. The van der Waals surface area contributed by atoms with Gasteiger partial charge in [-0.1, -0.05) is 86.4 Å². The van der Waals surface area contributed by atoms with Gasteiger partial charge in [-0.25, -0.2) is 9.36 Å². The van der Waals surface area contributed by atoms with Crippen LogP contribution in [0.3, 0.4) is 0 Å². The van der Waals surface area contributed by atoms with Gasteiger partial charge in [0.1, 0.15) is 11.4 Å². The number of thiocarbonyl (C=S) groups is 1. The highest BCUT2D eigenvalue weighted by atomic mass is 32.2. The summed E-state index contributed by atoms with van der Waals surface area (Å²) >= 11 is 6.90. The maximum absolute atomic E-state index is 14.0. The van der Waals surface area contributed by atoms with Crippen molar-refractivity contribution in [1.29, 1.82) is 0 Å². The molecule has 5 aromatic rings. The molecular weight excluding hydrogens is 575 g/mol. The second kappa shape index (κ2) is 11.3. The molecule has 3 heterocycles. The largest absolute Gasteiger partial charge is 0.296 e. The monoisotopic (exact) mass is 605 g/mol. The maximum atomic E-state index is 14.0. The number of aryl methyl sites for hydroxylation is 1. The second-order valence-electron chi connectivity index (χ2n) is 10.9. The van der Waals surface area contributed by atoms with Crippen molar-refractivity contribution in [1.82, 2.24) is 19.1 Å². The predicted molar refractivity (Wildman–Crippen MR) is 179 cm³/mol. The lowest BCUT2D eigenvalue weighted by Gasteiger charge is -2.12. The van der Waals surface area contributed by atoms with Gasteiger partial charge in [0.2, 0.25) is 0 Å². The molecule has 0 N–H and O–H groups in total. The van der Waals surface area contributed by atoms with E-state index in [0.29, 0.717) is 26.5 Å². The van der Waals surface area contributed by atoms with Crippen LogP contribution >= 0.6 is 24.0 Å². The Balaban J connectivity index is 1.46. The Labute approximate surface area is 260 Å². The van der Waals surface area contributed by atoms with Crippen LogP contribution in [0.1, 0.15) is 42.1 Å². The fourth-order valence-electron chi connectivity index (χ4n) is 5.28. The number of para-hydroxylation sites is 2. The Hall–Kier alpha value is -4.47. The van der Waals surface area contributed by atoms with Crippen LogP contribution in [0.5, 0.6) is 0 Å². The van der Waals surface area contributed by atoms with Gasteiger partial charge in [0.05, 0.1) is 22.0 Å². The number of carbonyl (C=O) groups excluding carboxylic acids is 1. The number of carbonyl (C=O) groups is 1. The SMILES string of the molecule is Cc1ccc(C(C)C)cc1-c1nn(-c2ccccc2)cc1/C=C1\SC(=S)N(c2c(C)n(C)n(-c3ccccc3)c2=O)C1=O. The van der Waals surface area contributed by atoms with Crippen LogP contribution in [0.15, 0.2) is 94.8 Å². The Kier molecular flexibility index (Phi) is 7.54. The van der Waals surface area contributed by atoms with E-state index in [1.807, 2.05) is 84.5 Å². The van der Waals surface area contributed by atoms with Crippen molar-refractivity contribution in [3.8, 4) is 22.6 Å². The molecule has 0 radical (unpaired) electrons. The van der Waals surface area contributed by atoms with E-state index in [9.17, 15) is 9.59 Å². The van der Waals surface area contributed by atoms with Gasteiger partial charge in [0.25, 0.3) is 11.5 Å². The number of benzene rings is 3. The quantitative estimate of drug-likeness (QED) is 0.152. The lowest BCUT2D eigenvalue weighted by atomic mass is 9.95. The first kappa shape index (κ1) is 28.6. The first-order chi connectivity index (χ1) is 20.7. The molecule has 1 aliphatic heterocycles. The van der Waals surface area contributed by atoms with Crippen molar-refractivity contribution in [3.63, 3.8) is 0 Å². The number of aromatic nitrogens is 4. The van der Waals surface area contributed by atoms with E-state index in [4.69, 9.17) is 17.3 Å². The van der Waals surface area contributed by atoms with Gasteiger partial charge in [-0.15, -0.1) is 0 Å². The highest BCUT2D eigenvalue weighted by molar-refractivity contribution is 8.27. The molecule has 0 spiro atoms. The van der Waals surface area contributed by atoms with Crippen molar-refractivity contribution in [2.75, 3.05) is 4.90 Å². The summed E-state index contributed by atoms with van der Waals surface area (Å²) in [5.74, 6) is 0.0244. The summed E-state index contributed by atoms with van der Waals surface area (Å²) < 4.78 is 5.46. The molecule has 0 aliphatic carbocycles. The molecule has 3 aromatic carbocycles. The first-order valence-corrected chi connectivity index (χ1v) is 15.3. The van der Waals surface area contributed by atoms with Crippen LogP contribution in [0.25, 0.3) is 28.7 Å². The van der Waals surface area contributed by atoms with E-state index < -0.39 is 0 Å². The van der Waals surface area contributed by atoms with E-state index in [-0.39, 0.29) is 17.2 Å². The minimum Gasteiger partial charge on any atom is -0.283 e. The number of amides is 1. The number of rotatable bonds is 6. The summed E-state index contributed by atoms with van der Waals surface area (Å²) in [5, 5.41) is 5.00. The summed E-state index contributed by atoms with van der Waals surface area (Å²) in [7, 11) is 1.80. The maximum Gasteiger partial charge on any atom is 0.296 e. The zero-order valence-electron chi connectivity index (χ0n) is 24.6. The highest BCUT2D eigenvalue weighted by Crippen LogP contribution is 2.38. The van der Waals surface area contributed by atoms with E-state index in [1.54, 1.807) is 16.4 Å². The van der Waals surface area contributed by atoms with Gasteiger partial charge >= 0.3 is 0 Å². The van der Waals surface area contributed by atoms with Crippen LogP contribution < -0.4 is 10.5 Å². The highest BCUT2D eigenvalue weighted by Gasteiger charge is 2.38. The second-order valence-corrected chi connectivity index (χ2v) is 12.5. The molecule has 7 nitrogen and oxygen atoms in total. The molecule has 2 aromatic heterocycles. The molecular formula is C34H31N5O2S2. The lowest BCUT2D eigenvalue weighted by Crippen LogP contribution is -2.33. The topological polar surface area (TPSA) is 65.1 Å². The number of anilines is 1. The predicted octanol–water partition coefficient (Wildman–Crippen LogP) is 7.17. The first-order valence-electron chi connectivity index (χ1n) is 14.0. The molecule has 1 aliphatic rings. The third-order valence-electron chi connectivity index (χ3n) is 7.77. The number of hydrogen-bond acceptors (Lipinski definition) is 5. The smallest absolute Gasteiger partial charge is 0.283 e. The minimum atomic E-state index is -0.327. The van der Waals surface area contributed by atoms with Gasteiger partial charge in [-0.2, -0.15) is 5.10 Å². The summed E-state index contributed by atoms with van der Waals surface area (Å²) in [6.07, 6.45) is 3.78. The minimum absolute atomic E-state index is 0.262. The number of hydrogen-bond donors (Lipinski definition) is 0. The molecule has 1 amide bonds. The summed E-state index contributed by atoms with van der Waals surface area (Å²) in [4.78, 5) is 29.5. The van der Waals surface area contributed by atoms with Gasteiger partial charge in [-0.05, 0) is 67.3 Å². The van der Waals surface area contributed by atoms with Crippen LogP contribution in [0.4, 0.5) is 5.69 Å². The molecule has 216 valence electrons. The Bertz CT molecular complexity index is 1970. The van der Waals surface area contributed by atoms with E-state index in [1.165, 1.54) is 22.2 Å². The zero-order valence-corrected chi connectivity index (χ0v) is 26.2. The molecule has 9 heteroatoms. The summed E-state index contributed by atoms with van der Waals surface area (Å²) in [6, 6.07) is 25.7. The molecule has 0 atom stereocenters. The van der Waals surface area contributed by atoms with Crippen molar-refractivity contribution in [3.05, 3.63) is 123 Å². The van der Waals surface area contributed by atoms with E-state index in [0.717, 1.165) is 28.1 Å². The standard InChI is InChI=1S/C34H31N5O2S2/c1-21(2)24-17-16-22(3)28(18-24)30-25(20-37(35-30)26-12-8-6-9-13-26)19-29-32(40)38(34(42)43-29)31-23(4)36(5)39(33(31)41)27-14-10-7-11-15-27/h6-21H,1-5H3/b29-19-. The van der Waals surface area contributed by atoms with Crippen molar-refractivity contribution < 1.29 is 4.79 Å². The van der Waals surface area contributed by atoms with Crippen molar-refractivity contribution in [2.45, 2.75) is 33.6 Å². The molecule has 6 rings (SSSR count). The summed E-state index contributed by atoms with van der Waals surface area (Å²) in [6.45, 7) is 8.23. The lowest BCUT2D eigenvalue weighted by molar-refractivity contribution is -0.113. The van der Waals surface area contributed by atoms with E-state index >= 15 is 0 Å². The fraction of sp³-hybridized carbons (Fsp3) is 0.176. The van der Waals surface area contributed by atoms with Crippen molar-refractivity contribution >= 4 is 46.0 Å². The molecule has 1 fully saturated rings. The van der Waals surface area contributed by atoms with Gasteiger partial charge in [0.15, 0.2) is 4.32 Å². The van der Waals surface area contributed by atoms with Crippen LogP contribution in [0, 0.1) is 13.8 Å². The Morgan fingerprint density at radius 2 is 1.56 bits per heavy atom. The normalized spacial score (nSPS) is 14.5.